The van der Waals surface area contributed by atoms with Crippen LogP contribution in [0.15, 0.2) is 30.7 Å². The SMILES string of the molecule is Cn1cc(CN2CCN3C(=O)C(=O)NC[C@@H]3C2)c(-c2ccncc2)n1. The van der Waals surface area contributed by atoms with Crippen molar-refractivity contribution in [3.63, 3.8) is 0 Å². The average Bonchev–Trinajstić information content (AvgIpc) is 2.99. The number of nitrogens with zero attached hydrogens (tertiary/aromatic N) is 5. The van der Waals surface area contributed by atoms with E-state index in [1.807, 2.05) is 30.1 Å². The standard InChI is InChI=1S/C17H20N6O2/c1-21-9-13(15(20-21)12-2-4-18-5-3-12)10-22-6-7-23-14(11-22)8-19-16(24)17(23)25/h2-5,9,14H,6-8,10-11H2,1H3,(H,19,24)/t14-/m1/s1. The van der Waals surface area contributed by atoms with Crippen molar-refractivity contribution < 1.29 is 9.59 Å². The first-order chi connectivity index (χ1) is 12.1. The van der Waals surface area contributed by atoms with Crippen LogP contribution in [-0.4, -0.2) is 68.6 Å². The van der Waals surface area contributed by atoms with Gasteiger partial charge >= 0.3 is 11.8 Å². The van der Waals surface area contributed by atoms with Crippen LogP contribution >= 0.6 is 0 Å². The lowest BCUT2D eigenvalue weighted by molar-refractivity contribution is -0.152. The van der Waals surface area contributed by atoms with E-state index in [2.05, 4.69) is 20.3 Å². The molecule has 2 amide bonds. The molecule has 0 saturated carbocycles. The van der Waals surface area contributed by atoms with Gasteiger partial charge in [0.2, 0.25) is 0 Å². The minimum absolute atomic E-state index is 0.0417. The molecule has 0 aromatic carbocycles. The number of carbonyl (C=O) groups is 2. The van der Waals surface area contributed by atoms with Gasteiger partial charge in [0, 0.05) is 69.5 Å². The van der Waals surface area contributed by atoms with Gasteiger partial charge in [-0.05, 0) is 12.1 Å². The predicted molar refractivity (Wildman–Crippen MR) is 90.2 cm³/mol. The second kappa shape index (κ2) is 6.29. The summed E-state index contributed by atoms with van der Waals surface area (Å²) in [5, 5.41) is 7.27. The Labute approximate surface area is 145 Å². The van der Waals surface area contributed by atoms with Crippen molar-refractivity contribution in [3.8, 4) is 11.3 Å². The normalized spacial score (nSPS) is 21.2. The Morgan fingerprint density at radius 3 is 2.84 bits per heavy atom. The van der Waals surface area contributed by atoms with Crippen LogP contribution in [0.25, 0.3) is 11.3 Å². The molecule has 0 spiro atoms. The monoisotopic (exact) mass is 340 g/mol. The van der Waals surface area contributed by atoms with Gasteiger partial charge in [0.25, 0.3) is 0 Å². The van der Waals surface area contributed by atoms with Gasteiger partial charge < -0.3 is 10.2 Å². The Morgan fingerprint density at radius 1 is 1.24 bits per heavy atom. The molecule has 2 saturated heterocycles. The highest BCUT2D eigenvalue weighted by Gasteiger charge is 2.37. The van der Waals surface area contributed by atoms with Crippen LogP contribution in [-0.2, 0) is 23.2 Å². The number of fused-ring (bicyclic) bond motifs is 1. The molecule has 0 bridgehead atoms. The van der Waals surface area contributed by atoms with E-state index in [0.29, 0.717) is 13.1 Å². The summed E-state index contributed by atoms with van der Waals surface area (Å²) in [5.41, 5.74) is 3.15. The van der Waals surface area contributed by atoms with Crippen molar-refractivity contribution in [2.75, 3.05) is 26.2 Å². The number of pyridine rings is 1. The highest BCUT2D eigenvalue weighted by molar-refractivity contribution is 6.35. The molecule has 4 rings (SSSR count). The largest absolute Gasteiger partial charge is 0.346 e. The van der Waals surface area contributed by atoms with E-state index in [9.17, 15) is 9.59 Å². The zero-order chi connectivity index (χ0) is 17.4. The van der Waals surface area contributed by atoms with E-state index >= 15 is 0 Å². The second-order valence-electron chi connectivity index (χ2n) is 6.51. The number of carbonyl (C=O) groups excluding carboxylic acids is 2. The molecule has 1 atom stereocenters. The fourth-order valence-corrected chi connectivity index (χ4v) is 3.57. The van der Waals surface area contributed by atoms with E-state index in [0.717, 1.165) is 36.5 Å². The number of hydrogen-bond acceptors (Lipinski definition) is 5. The molecule has 2 fully saturated rings. The van der Waals surface area contributed by atoms with Gasteiger partial charge in [0.05, 0.1) is 11.7 Å². The fourth-order valence-electron chi connectivity index (χ4n) is 3.57. The predicted octanol–water partition coefficient (Wildman–Crippen LogP) is -0.375. The maximum atomic E-state index is 11.9. The van der Waals surface area contributed by atoms with Crippen LogP contribution in [0.2, 0.25) is 0 Å². The van der Waals surface area contributed by atoms with Gasteiger partial charge in [-0.25, -0.2) is 0 Å². The van der Waals surface area contributed by atoms with Crippen LogP contribution < -0.4 is 5.32 Å². The molecule has 4 heterocycles. The lowest BCUT2D eigenvalue weighted by Crippen LogP contribution is -2.65. The summed E-state index contributed by atoms with van der Waals surface area (Å²) in [6, 6.07) is 3.96. The maximum Gasteiger partial charge on any atom is 0.312 e. The third-order valence-electron chi connectivity index (χ3n) is 4.77. The molecule has 0 aliphatic carbocycles. The van der Waals surface area contributed by atoms with Crippen molar-refractivity contribution in [1.82, 2.24) is 29.9 Å². The van der Waals surface area contributed by atoms with Crippen LogP contribution in [0, 0.1) is 0 Å². The smallest absolute Gasteiger partial charge is 0.312 e. The first kappa shape index (κ1) is 15.8. The van der Waals surface area contributed by atoms with Crippen LogP contribution in [0.4, 0.5) is 0 Å². The summed E-state index contributed by atoms with van der Waals surface area (Å²) < 4.78 is 1.83. The molecule has 8 nitrogen and oxygen atoms in total. The minimum Gasteiger partial charge on any atom is -0.346 e. The molecule has 130 valence electrons. The topological polar surface area (TPSA) is 83.4 Å². The molecule has 25 heavy (non-hydrogen) atoms. The van der Waals surface area contributed by atoms with Crippen molar-refractivity contribution in [2.24, 2.45) is 7.05 Å². The fraction of sp³-hybridized carbons (Fsp3) is 0.412. The third-order valence-corrected chi connectivity index (χ3v) is 4.77. The van der Waals surface area contributed by atoms with Crippen molar-refractivity contribution >= 4 is 11.8 Å². The maximum absolute atomic E-state index is 11.9. The first-order valence-electron chi connectivity index (χ1n) is 8.36. The van der Waals surface area contributed by atoms with Gasteiger partial charge in [-0.3, -0.25) is 24.2 Å². The molecule has 2 aliphatic heterocycles. The molecule has 8 heteroatoms. The number of aromatic nitrogens is 3. The van der Waals surface area contributed by atoms with E-state index in [-0.39, 0.29) is 6.04 Å². The van der Waals surface area contributed by atoms with Gasteiger partial charge in [0.15, 0.2) is 0 Å². The summed E-state index contributed by atoms with van der Waals surface area (Å²) in [7, 11) is 1.92. The summed E-state index contributed by atoms with van der Waals surface area (Å²) in [5.74, 6) is -0.897. The Morgan fingerprint density at radius 2 is 2.04 bits per heavy atom. The average molecular weight is 340 g/mol. The van der Waals surface area contributed by atoms with Crippen LogP contribution in [0.3, 0.4) is 0 Å². The Kier molecular flexibility index (Phi) is 3.96. The quantitative estimate of drug-likeness (QED) is 0.771. The number of amides is 2. The van der Waals surface area contributed by atoms with E-state index in [1.54, 1.807) is 17.3 Å². The Balaban J connectivity index is 1.51. The molecule has 2 aromatic heterocycles. The lowest BCUT2D eigenvalue weighted by atomic mass is 10.1. The highest BCUT2D eigenvalue weighted by Crippen LogP contribution is 2.24. The van der Waals surface area contributed by atoms with E-state index < -0.39 is 11.8 Å². The van der Waals surface area contributed by atoms with Gasteiger partial charge in [-0.1, -0.05) is 0 Å². The number of hydrogen-bond donors (Lipinski definition) is 1. The number of piperazine rings is 2. The molecule has 0 unspecified atom stereocenters. The van der Waals surface area contributed by atoms with Crippen molar-refractivity contribution in [1.29, 1.82) is 0 Å². The van der Waals surface area contributed by atoms with Gasteiger partial charge in [-0.15, -0.1) is 0 Å². The van der Waals surface area contributed by atoms with Crippen LogP contribution in [0.5, 0.6) is 0 Å². The summed E-state index contributed by atoms with van der Waals surface area (Å²) in [6.07, 6.45) is 5.57. The van der Waals surface area contributed by atoms with Crippen LogP contribution in [0.1, 0.15) is 5.56 Å². The third kappa shape index (κ3) is 3.00. The van der Waals surface area contributed by atoms with Crippen molar-refractivity contribution in [3.05, 3.63) is 36.3 Å². The van der Waals surface area contributed by atoms with Crippen molar-refractivity contribution in [2.45, 2.75) is 12.6 Å². The number of rotatable bonds is 3. The number of aryl methyl sites for hydroxylation is 1. The zero-order valence-corrected chi connectivity index (χ0v) is 14.1. The Bertz CT molecular complexity index is 803. The molecule has 1 N–H and O–H groups in total. The second-order valence-corrected chi connectivity index (χ2v) is 6.51. The Hall–Kier alpha value is -2.74. The van der Waals surface area contributed by atoms with Gasteiger partial charge in [-0.2, -0.15) is 5.10 Å². The molecule has 2 aromatic rings. The first-order valence-corrected chi connectivity index (χ1v) is 8.36. The summed E-state index contributed by atoms with van der Waals surface area (Å²) in [4.78, 5) is 31.5. The van der Waals surface area contributed by atoms with E-state index in [4.69, 9.17) is 0 Å². The summed E-state index contributed by atoms with van der Waals surface area (Å²) in [6.45, 7) is 3.36. The molecule has 0 radical (unpaired) electrons. The van der Waals surface area contributed by atoms with E-state index in [1.165, 1.54) is 0 Å². The zero-order valence-electron chi connectivity index (χ0n) is 14.1. The highest BCUT2D eigenvalue weighted by atomic mass is 16.2. The molecule has 2 aliphatic rings. The minimum atomic E-state index is -0.489. The molecular formula is C17H20N6O2. The summed E-state index contributed by atoms with van der Waals surface area (Å²) >= 11 is 0. The van der Waals surface area contributed by atoms with Gasteiger partial charge in [0.1, 0.15) is 0 Å². The molecular weight excluding hydrogens is 320 g/mol. The lowest BCUT2D eigenvalue weighted by Gasteiger charge is -2.43. The number of nitrogens with one attached hydrogen (secondary N) is 1.